The lowest BCUT2D eigenvalue weighted by molar-refractivity contribution is 0.0533. The van der Waals surface area contributed by atoms with E-state index in [2.05, 4.69) is 19.1 Å². The lowest BCUT2D eigenvalue weighted by Crippen LogP contribution is -2.00. The highest BCUT2D eigenvalue weighted by Crippen LogP contribution is 2.41. The monoisotopic (exact) mass is 400 g/mol. The molecule has 29 heavy (non-hydrogen) atoms. The van der Waals surface area contributed by atoms with Crippen molar-refractivity contribution in [1.82, 2.24) is 0 Å². The number of fused-ring (bicyclic) bond motifs is 1. The summed E-state index contributed by atoms with van der Waals surface area (Å²) in [5.41, 5.74) is 5.20. The predicted molar refractivity (Wildman–Crippen MR) is 114 cm³/mol. The Morgan fingerprint density at radius 2 is 1.55 bits per heavy atom. The Morgan fingerprint density at radius 3 is 2.17 bits per heavy atom. The van der Waals surface area contributed by atoms with Crippen molar-refractivity contribution in [3.63, 3.8) is 0 Å². The van der Waals surface area contributed by atoms with Crippen molar-refractivity contribution in [2.24, 2.45) is 0 Å². The first-order chi connectivity index (χ1) is 13.8. The van der Waals surface area contributed by atoms with E-state index in [-0.39, 0.29) is 30.3 Å². The minimum Gasteiger partial charge on any atom is -0.507 e. The molecule has 0 saturated heterocycles. The summed E-state index contributed by atoms with van der Waals surface area (Å²) in [5.74, 6) is -0.672. The van der Waals surface area contributed by atoms with E-state index in [1.54, 1.807) is 6.92 Å². The number of aliphatic hydroxyl groups is 1. The lowest BCUT2D eigenvalue weighted by atomic mass is 9.95. The fourth-order valence-corrected chi connectivity index (χ4v) is 3.40. The van der Waals surface area contributed by atoms with Gasteiger partial charge >= 0.3 is 5.97 Å². The molecule has 1 heterocycles. The average Bonchev–Trinajstić information content (AvgIpc) is 3.07. The van der Waals surface area contributed by atoms with Crippen LogP contribution in [0.2, 0.25) is 0 Å². The first-order valence-corrected chi connectivity index (χ1v) is 10.1. The van der Waals surface area contributed by atoms with Crippen LogP contribution in [0.1, 0.15) is 73.5 Å². The Morgan fingerprint density at radius 1 is 0.966 bits per heavy atom. The van der Waals surface area contributed by atoms with Gasteiger partial charge in [-0.1, -0.05) is 34.9 Å². The molecule has 0 unspecified atom stereocenters. The molecule has 0 atom stereocenters. The summed E-state index contributed by atoms with van der Waals surface area (Å²) in [7, 11) is 0. The van der Waals surface area contributed by atoms with Crippen LogP contribution in [0.3, 0.4) is 0 Å². The van der Waals surface area contributed by atoms with E-state index in [9.17, 15) is 15.0 Å². The van der Waals surface area contributed by atoms with Gasteiger partial charge in [-0.25, -0.2) is 4.79 Å². The van der Waals surface area contributed by atoms with Crippen molar-refractivity contribution >= 4 is 5.97 Å². The molecule has 158 valence electrons. The average molecular weight is 401 g/mol. The third kappa shape index (κ3) is 5.73. The van der Waals surface area contributed by atoms with Gasteiger partial charge < -0.3 is 20.1 Å². The number of hydrogen-bond donors (Lipinski definition) is 3. The van der Waals surface area contributed by atoms with Gasteiger partial charge in [0, 0.05) is 11.1 Å². The van der Waals surface area contributed by atoms with Crippen LogP contribution in [0.25, 0.3) is 0 Å². The Kier molecular flexibility index (Phi) is 8.09. The van der Waals surface area contributed by atoms with Gasteiger partial charge in [0.1, 0.15) is 23.7 Å². The summed E-state index contributed by atoms with van der Waals surface area (Å²) < 4.78 is 5.00. The summed E-state index contributed by atoms with van der Waals surface area (Å²) in [6.45, 7) is 8.01. The van der Waals surface area contributed by atoms with E-state index < -0.39 is 5.97 Å². The molecule has 5 nitrogen and oxygen atoms in total. The van der Waals surface area contributed by atoms with Crippen molar-refractivity contribution < 1.29 is 24.9 Å². The molecule has 1 aliphatic heterocycles. The van der Waals surface area contributed by atoms with Crippen LogP contribution in [-0.4, -0.2) is 27.9 Å². The summed E-state index contributed by atoms with van der Waals surface area (Å²) in [6.07, 6.45) is 10.4. The highest BCUT2D eigenvalue weighted by atomic mass is 16.5. The zero-order valence-corrected chi connectivity index (χ0v) is 17.8. The molecule has 5 heteroatoms. The number of phenols is 2. The topological polar surface area (TPSA) is 87.0 Å². The van der Waals surface area contributed by atoms with Crippen LogP contribution >= 0.6 is 0 Å². The largest absolute Gasteiger partial charge is 0.507 e. The zero-order chi connectivity index (χ0) is 21.6. The van der Waals surface area contributed by atoms with Crippen LogP contribution in [0.4, 0.5) is 0 Å². The molecular formula is C24H32O5. The summed E-state index contributed by atoms with van der Waals surface area (Å²) in [4.78, 5) is 11.9. The number of carbonyl (C=O) groups is 1. The number of ether oxygens (including phenoxy) is 1. The fraction of sp³-hybridized carbons (Fsp3) is 0.458. The molecule has 1 aromatic carbocycles. The van der Waals surface area contributed by atoms with E-state index in [0.29, 0.717) is 23.1 Å². The first kappa shape index (κ1) is 22.8. The van der Waals surface area contributed by atoms with E-state index in [4.69, 9.17) is 9.84 Å². The lowest BCUT2D eigenvalue weighted by Gasteiger charge is -2.12. The summed E-state index contributed by atoms with van der Waals surface area (Å²) in [6, 6.07) is 0. The second-order valence-corrected chi connectivity index (χ2v) is 7.82. The number of allylic oxidation sites excluding steroid dienone is 5. The molecule has 0 aliphatic carbocycles. The van der Waals surface area contributed by atoms with Crippen molar-refractivity contribution in [3.8, 4) is 11.5 Å². The highest BCUT2D eigenvalue weighted by Gasteiger charge is 2.31. The molecule has 0 aromatic heterocycles. The van der Waals surface area contributed by atoms with Crippen molar-refractivity contribution in [1.29, 1.82) is 0 Å². The third-order valence-corrected chi connectivity index (χ3v) is 5.44. The van der Waals surface area contributed by atoms with Crippen molar-refractivity contribution in [3.05, 3.63) is 57.2 Å². The van der Waals surface area contributed by atoms with Gasteiger partial charge in [-0.15, -0.1) is 0 Å². The molecule has 0 saturated carbocycles. The van der Waals surface area contributed by atoms with Crippen LogP contribution in [0.15, 0.2) is 34.9 Å². The Hall–Kier alpha value is -2.53. The highest BCUT2D eigenvalue weighted by molar-refractivity contribution is 5.98. The van der Waals surface area contributed by atoms with Gasteiger partial charge in [-0.3, -0.25) is 0 Å². The molecule has 1 aromatic rings. The van der Waals surface area contributed by atoms with E-state index in [0.717, 1.165) is 36.8 Å². The number of hydrogen-bond acceptors (Lipinski definition) is 5. The molecule has 3 N–H and O–H groups in total. The van der Waals surface area contributed by atoms with Gasteiger partial charge in [0.25, 0.3) is 0 Å². The molecule has 0 radical (unpaired) electrons. The summed E-state index contributed by atoms with van der Waals surface area (Å²) in [5, 5.41) is 29.9. The zero-order valence-electron chi connectivity index (χ0n) is 17.8. The number of esters is 1. The number of aliphatic hydroxyl groups excluding tert-OH is 1. The van der Waals surface area contributed by atoms with Gasteiger partial charge in [0.05, 0.1) is 6.61 Å². The predicted octanol–water partition coefficient (Wildman–Crippen LogP) is 5.01. The second-order valence-electron chi connectivity index (χ2n) is 7.82. The molecular weight excluding hydrogens is 368 g/mol. The minimum absolute atomic E-state index is 0.0329. The van der Waals surface area contributed by atoms with Crippen molar-refractivity contribution in [2.75, 3.05) is 6.61 Å². The third-order valence-electron chi connectivity index (χ3n) is 5.44. The van der Waals surface area contributed by atoms with Crippen LogP contribution < -0.4 is 0 Å². The van der Waals surface area contributed by atoms with Crippen LogP contribution in [0.5, 0.6) is 11.5 Å². The molecule has 0 bridgehead atoms. The number of aromatic hydroxyl groups is 2. The smallest absolute Gasteiger partial charge is 0.342 e. The molecule has 0 amide bonds. The van der Waals surface area contributed by atoms with E-state index in [1.165, 1.54) is 5.57 Å². The maximum Gasteiger partial charge on any atom is 0.342 e. The quantitative estimate of drug-likeness (QED) is 0.401. The fourth-order valence-electron chi connectivity index (χ4n) is 3.40. The maximum atomic E-state index is 11.9. The molecule has 0 fully saturated rings. The van der Waals surface area contributed by atoms with E-state index >= 15 is 0 Å². The standard InChI is InChI=1S/C24H32O5/c1-15(8-6-10-17(3)13-25)7-5-9-16(2)11-12-19-22(26)18(4)20-14-29-24(28)21(20)23(19)27/h7,10-11,25-27H,5-6,8-9,12-14H2,1-4H3/b15-7+,16-11+,17-10+. The Labute approximate surface area is 173 Å². The normalized spacial score (nSPS) is 14.9. The number of cyclic esters (lactones) is 1. The van der Waals surface area contributed by atoms with Crippen molar-refractivity contribution in [2.45, 2.75) is 66.4 Å². The number of rotatable bonds is 9. The first-order valence-electron chi connectivity index (χ1n) is 10.1. The Bertz CT molecular complexity index is 859. The van der Waals surface area contributed by atoms with Gasteiger partial charge in [-0.2, -0.15) is 0 Å². The minimum atomic E-state index is -0.535. The van der Waals surface area contributed by atoms with Crippen LogP contribution in [0, 0.1) is 6.92 Å². The molecule has 0 spiro atoms. The molecule has 1 aliphatic rings. The van der Waals surface area contributed by atoms with Gasteiger partial charge in [0.15, 0.2) is 0 Å². The summed E-state index contributed by atoms with van der Waals surface area (Å²) >= 11 is 0. The van der Waals surface area contributed by atoms with Gasteiger partial charge in [-0.05, 0) is 65.4 Å². The molecule has 2 rings (SSSR count). The van der Waals surface area contributed by atoms with Crippen LogP contribution in [-0.2, 0) is 17.8 Å². The second kappa shape index (κ2) is 10.3. The Balaban J connectivity index is 1.97. The number of benzene rings is 1. The SMILES string of the molecule is C/C(=C\CC/C(C)=C/CC/C(C)=C/Cc1c(O)c(C)c2c(c1O)C(=O)OC2)CO. The number of carbonyl (C=O) groups excluding carboxylic acids is 1. The van der Waals surface area contributed by atoms with E-state index in [1.807, 2.05) is 19.9 Å². The number of phenolic OH excluding ortho intramolecular Hbond substituents is 2. The maximum absolute atomic E-state index is 11.9. The van der Waals surface area contributed by atoms with Gasteiger partial charge in [0.2, 0.25) is 0 Å².